The van der Waals surface area contributed by atoms with Gasteiger partial charge in [-0.25, -0.2) is 8.78 Å². The molecule has 1 aromatic heterocycles. The normalized spacial score (nSPS) is 12.2. The Kier molecular flexibility index (Phi) is 3.88. The molecule has 1 amide bonds. The van der Waals surface area contributed by atoms with Gasteiger partial charge in [-0.2, -0.15) is 0 Å². The topological polar surface area (TPSA) is 42.2 Å². The second-order valence-electron chi connectivity index (χ2n) is 4.66. The lowest BCUT2D eigenvalue weighted by molar-refractivity contribution is 0.0931. The minimum absolute atomic E-state index is 0.404. The van der Waals surface area contributed by atoms with E-state index >= 15 is 0 Å². The van der Waals surface area contributed by atoms with Gasteiger partial charge in [0.1, 0.15) is 28.7 Å². The van der Waals surface area contributed by atoms with Crippen LogP contribution in [0.25, 0.3) is 0 Å². The van der Waals surface area contributed by atoms with Gasteiger partial charge >= 0.3 is 0 Å². The summed E-state index contributed by atoms with van der Waals surface area (Å²) in [5.41, 5.74) is 0.213. The number of halogens is 2. The molecule has 0 bridgehead atoms. The van der Waals surface area contributed by atoms with E-state index in [4.69, 9.17) is 4.42 Å². The summed E-state index contributed by atoms with van der Waals surface area (Å²) >= 11 is 0. The Morgan fingerprint density at radius 3 is 2.35 bits per heavy atom. The van der Waals surface area contributed by atoms with E-state index in [-0.39, 0.29) is 0 Å². The highest BCUT2D eigenvalue weighted by molar-refractivity contribution is 5.95. The number of aryl methyl sites for hydroxylation is 2. The molecule has 0 aliphatic heterocycles. The number of benzene rings is 1. The molecule has 0 aliphatic rings. The van der Waals surface area contributed by atoms with Gasteiger partial charge in [-0.15, -0.1) is 0 Å². The van der Waals surface area contributed by atoms with Crippen LogP contribution in [0, 0.1) is 25.5 Å². The van der Waals surface area contributed by atoms with Crippen LogP contribution < -0.4 is 5.32 Å². The van der Waals surface area contributed by atoms with Gasteiger partial charge in [0.15, 0.2) is 0 Å². The number of hydrogen-bond acceptors (Lipinski definition) is 2. The van der Waals surface area contributed by atoms with Crippen molar-refractivity contribution in [2.45, 2.75) is 26.8 Å². The van der Waals surface area contributed by atoms with Crippen molar-refractivity contribution in [2.75, 3.05) is 0 Å². The zero-order valence-corrected chi connectivity index (χ0v) is 11.5. The molecular weight excluding hydrogens is 264 g/mol. The number of furan rings is 1. The zero-order valence-electron chi connectivity index (χ0n) is 11.5. The van der Waals surface area contributed by atoms with E-state index in [2.05, 4.69) is 5.32 Å². The molecule has 3 nitrogen and oxygen atoms in total. The molecule has 20 heavy (non-hydrogen) atoms. The molecular formula is C15H15F2NO2. The van der Waals surface area contributed by atoms with E-state index in [0.717, 1.165) is 23.5 Å². The Morgan fingerprint density at radius 2 is 1.85 bits per heavy atom. The summed E-state index contributed by atoms with van der Waals surface area (Å²) in [6.07, 6.45) is 0. The molecule has 5 heteroatoms. The number of carbonyl (C=O) groups excluding carboxylic acids is 1. The summed E-state index contributed by atoms with van der Waals surface area (Å²) in [5, 5.41) is 2.57. The van der Waals surface area contributed by atoms with Crippen molar-refractivity contribution in [1.29, 1.82) is 0 Å². The minimum Gasteiger partial charge on any atom is -0.466 e. The molecule has 0 fully saturated rings. The second kappa shape index (κ2) is 5.45. The molecule has 2 aromatic rings. The van der Waals surface area contributed by atoms with Crippen LogP contribution in [0.15, 0.2) is 28.7 Å². The van der Waals surface area contributed by atoms with Crippen LogP contribution in [0.1, 0.15) is 40.4 Å². The molecule has 0 unspecified atom stereocenters. The molecule has 0 saturated heterocycles. The summed E-state index contributed by atoms with van der Waals surface area (Å²) in [6, 6.07) is 4.71. The lowest BCUT2D eigenvalue weighted by atomic mass is 10.1. The first-order valence-electron chi connectivity index (χ1n) is 6.22. The molecule has 0 spiro atoms. The highest BCUT2D eigenvalue weighted by Gasteiger charge is 2.21. The molecule has 1 N–H and O–H groups in total. The summed E-state index contributed by atoms with van der Waals surface area (Å²) in [4.78, 5) is 12.0. The first-order valence-corrected chi connectivity index (χ1v) is 6.22. The van der Waals surface area contributed by atoms with Crippen LogP contribution >= 0.6 is 0 Å². The third kappa shape index (κ3) is 2.71. The van der Waals surface area contributed by atoms with Gasteiger partial charge in [0.2, 0.25) is 0 Å². The predicted molar refractivity (Wildman–Crippen MR) is 70.4 cm³/mol. The monoisotopic (exact) mass is 279 g/mol. The Balaban J connectivity index is 2.22. The smallest absolute Gasteiger partial charge is 0.257 e. The lowest BCUT2D eigenvalue weighted by Crippen LogP contribution is -2.28. The largest absolute Gasteiger partial charge is 0.466 e. The summed E-state index contributed by atoms with van der Waals surface area (Å²) in [7, 11) is 0. The minimum atomic E-state index is -0.880. The Hall–Kier alpha value is -2.17. The van der Waals surface area contributed by atoms with E-state index in [1.165, 1.54) is 6.07 Å². The standard InChI is InChI=1S/C15H15F2NO2/c1-8-7-11(10(3)20-8)9(2)18-15(19)14-12(16)5-4-6-13(14)17/h4-7,9H,1-3H3,(H,18,19)/t9-/m0/s1. The number of nitrogens with one attached hydrogen (secondary N) is 1. The number of hydrogen-bond donors (Lipinski definition) is 1. The van der Waals surface area contributed by atoms with E-state index in [1.54, 1.807) is 26.8 Å². The first-order chi connectivity index (χ1) is 9.40. The van der Waals surface area contributed by atoms with Gasteiger partial charge in [-0.3, -0.25) is 4.79 Å². The van der Waals surface area contributed by atoms with Crippen molar-refractivity contribution in [2.24, 2.45) is 0 Å². The molecule has 2 rings (SSSR count). The molecule has 106 valence electrons. The molecule has 1 atom stereocenters. The maximum atomic E-state index is 13.5. The van der Waals surface area contributed by atoms with Crippen molar-refractivity contribution in [1.82, 2.24) is 5.32 Å². The SMILES string of the molecule is Cc1cc([C@H](C)NC(=O)c2c(F)cccc2F)c(C)o1. The second-order valence-corrected chi connectivity index (χ2v) is 4.66. The van der Waals surface area contributed by atoms with Crippen molar-refractivity contribution in [3.8, 4) is 0 Å². The third-order valence-electron chi connectivity index (χ3n) is 3.08. The highest BCUT2D eigenvalue weighted by atomic mass is 19.1. The number of amides is 1. The van der Waals surface area contributed by atoms with Crippen LogP contribution in [-0.4, -0.2) is 5.91 Å². The Labute approximate surface area is 115 Å². The lowest BCUT2D eigenvalue weighted by Gasteiger charge is -2.14. The Bertz CT molecular complexity index is 629. The fourth-order valence-corrected chi connectivity index (χ4v) is 2.14. The van der Waals surface area contributed by atoms with Crippen LogP contribution in [0.4, 0.5) is 8.78 Å². The predicted octanol–water partition coefficient (Wildman–Crippen LogP) is 3.67. The van der Waals surface area contributed by atoms with E-state index in [0.29, 0.717) is 5.76 Å². The number of rotatable bonds is 3. The van der Waals surface area contributed by atoms with E-state index in [9.17, 15) is 13.6 Å². The molecule has 1 heterocycles. The quantitative estimate of drug-likeness (QED) is 0.931. The fourth-order valence-electron chi connectivity index (χ4n) is 2.14. The van der Waals surface area contributed by atoms with Gasteiger partial charge in [0.05, 0.1) is 6.04 Å². The number of carbonyl (C=O) groups is 1. The average molecular weight is 279 g/mol. The first kappa shape index (κ1) is 14.2. The molecule has 0 aliphatic carbocycles. The van der Waals surface area contributed by atoms with Crippen molar-refractivity contribution < 1.29 is 18.0 Å². The maximum Gasteiger partial charge on any atom is 0.257 e. The van der Waals surface area contributed by atoms with E-state index in [1.807, 2.05) is 0 Å². The maximum absolute atomic E-state index is 13.5. The van der Waals surface area contributed by atoms with Gasteiger partial charge in [-0.05, 0) is 39.0 Å². The summed E-state index contributed by atoms with van der Waals surface area (Å²) < 4.78 is 32.4. The molecule has 1 aromatic carbocycles. The van der Waals surface area contributed by atoms with Crippen LogP contribution in [0.5, 0.6) is 0 Å². The van der Waals surface area contributed by atoms with Crippen LogP contribution in [-0.2, 0) is 0 Å². The van der Waals surface area contributed by atoms with Crippen molar-refractivity contribution in [3.05, 3.63) is 58.5 Å². The van der Waals surface area contributed by atoms with Gasteiger partial charge in [-0.1, -0.05) is 6.07 Å². The van der Waals surface area contributed by atoms with Crippen LogP contribution in [0.2, 0.25) is 0 Å². The van der Waals surface area contributed by atoms with Gasteiger partial charge < -0.3 is 9.73 Å². The van der Waals surface area contributed by atoms with Crippen molar-refractivity contribution in [3.63, 3.8) is 0 Å². The Morgan fingerprint density at radius 1 is 1.25 bits per heavy atom. The molecule has 0 saturated carbocycles. The average Bonchev–Trinajstić information content (AvgIpc) is 2.68. The zero-order chi connectivity index (χ0) is 14.9. The summed E-state index contributed by atoms with van der Waals surface area (Å²) in [6.45, 7) is 5.30. The van der Waals surface area contributed by atoms with E-state index < -0.39 is 29.1 Å². The van der Waals surface area contributed by atoms with Gasteiger partial charge in [0.25, 0.3) is 5.91 Å². The van der Waals surface area contributed by atoms with Gasteiger partial charge in [0, 0.05) is 5.56 Å². The highest BCUT2D eigenvalue weighted by Crippen LogP contribution is 2.22. The molecule has 0 radical (unpaired) electrons. The fraction of sp³-hybridized carbons (Fsp3) is 0.267. The van der Waals surface area contributed by atoms with Crippen molar-refractivity contribution >= 4 is 5.91 Å². The third-order valence-corrected chi connectivity index (χ3v) is 3.08. The van der Waals surface area contributed by atoms with Crippen LogP contribution in [0.3, 0.4) is 0 Å². The summed E-state index contributed by atoms with van der Waals surface area (Å²) in [5.74, 6) is -1.16.